The molecule has 1 aromatic rings. The predicted octanol–water partition coefficient (Wildman–Crippen LogP) is 2.51. The summed E-state index contributed by atoms with van der Waals surface area (Å²) in [5.41, 5.74) is 1.11. The molecule has 1 aliphatic heterocycles. The lowest BCUT2D eigenvalue weighted by molar-refractivity contribution is 0.323. The number of nitrogens with zero attached hydrogens (tertiary/aromatic N) is 1. The van der Waals surface area contributed by atoms with E-state index in [9.17, 15) is 0 Å². The monoisotopic (exact) mass is 258 g/mol. The van der Waals surface area contributed by atoms with E-state index in [1.807, 2.05) is 12.1 Å². The van der Waals surface area contributed by atoms with Crippen LogP contribution in [0.15, 0.2) is 23.2 Å². The van der Waals surface area contributed by atoms with Crippen molar-refractivity contribution in [3.63, 3.8) is 0 Å². The molecule has 0 amide bonds. The van der Waals surface area contributed by atoms with Crippen molar-refractivity contribution in [1.29, 1.82) is 0 Å². The Labute approximate surface area is 104 Å². The molecule has 0 saturated carbocycles. The molecule has 1 N–H and O–H groups in total. The molecule has 1 atom stereocenters. The summed E-state index contributed by atoms with van der Waals surface area (Å²) in [4.78, 5) is 4.14. The third kappa shape index (κ3) is 3.11. The van der Waals surface area contributed by atoms with E-state index < -0.39 is 0 Å². The number of ether oxygens (including phenoxy) is 1. The summed E-state index contributed by atoms with van der Waals surface area (Å²) in [5, 5.41) is 4.46. The molecule has 0 aromatic heterocycles. The minimum Gasteiger partial charge on any atom is -0.481 e. The summed E-state index contributed by atoms with van der Waals surface area (Å²) in [6.07, 6.45) is 1.51. The quantitative estimate of drug-likeness (QED) is 0.901. The second-order valence-corrected chi connectivity index (χ2v) is 4.44. The zero-order valence-electron chi connectivity index (χ0n) is 8.62. The van der Waals surface area contributed by atoms with E-state index in [2.05, 4.69) is 10.3 Å². The van der Waals surface area contributed by atoms with Crippen molar-refractivity contribution < 1.29 is 4.74 Å². The Morgan fingerprint density at radius 2 is 2.25 bits per heavy atom. The molecule has 0 aliphatic carbocycles. The van der Waals surface area contributed by atoms with Gasteiger partial charge in [0, 0.05) is 13.1 Å². The van der Waals surface area contributed by atoms with Gasteiger partial charge < -0.3 is 10.1 Å². The molecule has 5 heteroatoms. The minimum atomic E-state index is 0.225. The van der Waals surface area contributed by atoms with Gasteiger partial charge in [-0.15, -0.1) is 0 Å². The van der Waals surface area contributed by atoms with Crippen molar-refractivity contribution in [2.45, 2.75) is 12.6 Å². The van der Waals surface area contributed by atoms with Crippen LogP contribution >= 0.6 is 23.2 Å². The van der Waals surface area contributed by atoms with Gasteiger partial charge in [0.05, 0.1) is 16.1 Å². The Balaban J connectivity index is 1.80. The van der Waals surface area contributed by atoms with E-state index in [0.29, 0.717) is 16.7 Å². The Bertz CT molecular complexity index is 396. The average molecular weight is 259 g/mol. The number of benzene rings is 1. The van der Waals surface area contributed by atoms with Gasteiger partial charge in [0.25, 0.3) is 0 Å². The van der Waals surface area contributed by atoms with Crippen LogP contribution in [0.1, 0.15) is 5.56 Å². The largest absolute Gasteiger partial charge is 0.481 e. The summed E-state index contributed by atoms with van der Waals surface area (Å²) >= 11 is 11.7. The van der Waals surface area contributed by atoms with Gasteiger partial charge in [0.1, 0.15) is 6.61 Å². The van der Waals surface area contributed by atoms with E-state index in [1.165, 1.54) is 6.40 Å². The van der Waals surface area contributed by atoms with Crippen LogP contribution in [0.5, 0.6) is 0 Å². The van der Waals surface area contributed by atoms with Crippen LogP contribution < -0.4 is 5.32 Å². The van der Waals surface area contributed by atoms with Crippen molar-refractivity contribution in [1.82, 2.24) is 5.32 Å². The third-order valence-corrected chi connectivity index (χ3v) is 3.07. The molecule has 86 valence electrons. The van der Waals surface area contributed by atoms with Crippen LogP contribution in [0, 0.1) is 0 Å². The molecule has 3 nitrogen and oxygen atoms in total. The molecule has 0 bridgehead atoms. The van der Waals surface area contributed by atoms with Crippen LogP contribution in [-0.2, 0) is 11.3 Å². The molecule has 1 aliphatic rings. The van der Waals surface area contributed by atoms with Crippen LogP contribution in [-0.4, -0.2) is 25.6 Å². The number of hydrogen-bond acceptors (Lipinski definition) is 3. The highest BCUT2D eigenvalue weighted by molar-refractivity contribution is 6.42. The summed E-state index contributed by atoms with van der Waals surface area (Å²) in [6.45, 7) is 2.22. The van der Waals surface area contributed by atoms with Crippen molar-refractivity contribution in [3.8, 4) is 0 Å². The van der Waals surface area contributed by atoms with Gasteiger partial charge in [-0.3, -0.25) is 4.99 Å². The Morgan fingerprint density at radius 3 is 2.94 bits per heavy atom. The number of hydrogen-bond donors (Lipinski definition) is 1. The van der Waals surface area contributed by atoms with Gasteiger partial charge >= 0.3 is 0 Å². The molecule has 0 radical (unpaired) electrons. The summed E-state index contributed by atoms with van der Waals surface area (Å²) in [7, 11) is 0. The minimum absolute atomic E-state index is 0.225. The van der Waals surface area contributed by atoms with E-state index in [0.717, 1.165) is 18.7 Å². The Hall–Kier alpha value is -0.770. The van der Waals surface area contributed by atoms with Crippen molar-refractivity contribution in [2.75, 3.05) is 13.2 Å². The van der Waals surface area contributed by atoms with Crippen molar-refractivity contribution >= 4 is 29.6 Å². The molecule has 2 rings (SSSR count). The lowest BCUT2D eigenvalue weighted by atomic mass is 10.2. The van der Waals surface area contributed by atoms with Crippen LogP contribution in [0.2, 0.25) is 10.0 Å². The van der Waals surface area contributed by atoms with Gasteiger partial charge in [-0.2, -0.15) is 0 Å². The molecule has 16 heavy (non-hydrogen) atoms. The summed E-state index contributed by atoms with van der Waals surface area (Å²) in [6, 6.07) is 5.85. The van der Waals surface area contributed by atoms with Gasteiger partial charge in [-0.1, -0.05) is 29.3 Å². The first-order valence-electron chi connectivity index (χ1n) is 5.03. The first kappa shape index (κ1) is 11.7. The molecule has 0 spiro atoms. The lowest BCUT2D eigenvalue weighted by Gasteiger charge is -2.08. The lowest BCUT2D eigenvalue weighted by Crippen LogP contribution is -2.26. The van der Waals surface area contributed by atoms with Crippen LogP contribution in [0.4, 0.5) is 0 Å². The standard InChI is InChI=1S/C11H12Cl2N2O/c12-10-2-1-8(3-11(10)13)4-14-5-9-6-16-7-15-9/h1-3,7,9,14H,4-6H2. The summed E-state index contributed by atoms with van der Waals surface area (Å²) < 4.78 is 5.02. The normalized spacial score (nSPS) is 18.8. The van der Waals surface area contributed by atoms with E-state index in [1.54, 1.807) is 6.07 Å². The van der Waals surface area contributed by atoms with Crippen molar-refractivity contribution in [3.05, 3.63) is 33.8 Å². The molecule has 1 unspecified atom stereocenters. The highest BCUT2D eigenvalue weighted by atomic mass is 35.5. The fourth-order valence-electron chi connectivity index (χ4n) is 1.47. The van der Waals surface area contributed by atoms with Gasteiger partial charge in [0.15, 0.2) is 6.40 Å². The SMILES string of the molecule is Clc1ccc(CNCC2COC=N2)cc1Cl. The number of nitrogens with one attached hydrogen (secondary N) is 1. The first-order chi connectivity index (χ1) is 7.75. The molecule has 0 fully saturated rings. The Morgan fingerprint density at radius 1 is 1.38 bits per heavy atom. The smallest absolute Gasteiger partial charge is 0.169 e. The van der Waals surface area contributed by atoms with E-state index in [-0.39, 0.29) is 6.04 Å². The highest BCUT2D eigenvalue weighted by Crippen LogP contribution is 2.22. The highest BCUT2D eigenvalue weighted by Gasteiger charge is 2.10. The fourth-order valence-corrected chi connectivity index (χ4v) is 1.79. The number of rotatable bonds is 4. The first-order valence-corrected chi connectivity index (χ1v) is 5.79. The maximum Gasteiger partial charge on any atom is 0.169 e. The zero-order valence-corrected chi connectivity index (χ0v) is 10.1. The van der Waals surface area contributed by atoms with Gasteiger partial charge in [0.2, 0.25) is 0 Å². The fraction of sp³-hybridized carbons (Fsp3) is 0.364. The molecule has 1 heterocycles. The predicted molar refractivity (Wildman–Crippen MR) is 66.4 cm³/mol. The van der Waals surface area contributed by atoms with Gasteiger partial charge in [-0.25, -0.2) is 0 Å². The van der Waals surface area contributed by atoms with Crippen LogP contribution in [0.25, 0.3) is 0 Å². The third-order valence-electron chi connectivity index (χ3n) is 2.33. The second kappa shape index (κ2) is 5.53. The summed E-state index contributed by atoms with van der Waals surface area (Å²) in [5.74, 6) is 0. The second-order valence-electron chi connectivity index (χ2n) is 3.62. The van der Waals surface area contributed by atoms with Crippen LogP contribution in [0.3, 0.4) is 0 Å². The average Bonchev–Trinajstić information content (AvgIpc) is 2.76. The van der Waals surface area contributed by atoms with E-state index in [4.69, 9.17) is 27.9 Å². The maximum atomic E-state index is 5.92. The number of aliphatic imine (C=N–C) groups is 1. The molecule has 1 aromatic carbocycles. The van der Waals surface area contributed by atoms with E-state index >= 15 is 0 Å². The Kier molecular flexibility index (Phi) is 4.04. The zero-order chi connectivity index (χ0) is 11.4. The van der Waals surface area contributed by atoms with Gasteiger partial charge in [-0.05, 0) is 17.7 Å². The molecule has 0 saturated heterocycles. The topological polar surface area (TPSA) is 33.6 Å². The van der Waals surface area contributed by atoms with Crippen molar-refractivity contribution in [2.24, 2.45) is 4.99 Å². The molecular weight excluding hydrogens is 247 g/mol. The molecular formula is C11H12Cl2N2O. The maximum absolute atomic E-state index is 5.92. The number of halogens is 2.